The number of halogens is 1. The lowest BCUT2D eigenvalue weighted by atomic mass is 10.2. The van der Waals surface area contributed by atoms with E-state index in [1.165, 1.54) is 6.33 Å². The summed E-state index contributed by atoms with van der Waals surface area (Å²) in [6.07, 6.45) is 0.878. The monoisotopic (exact) mass is 401 g/mol. The summed E-state index contributed by atoms with van der Waals surface area (Å²) in [5.74, 6) is 0.220. The zero-order valence-electron chi connectivity index (χ0n) is 10.7. The fourth-order valence-electron chi connectivity index (χ4n) is 2.47. The van der Waals surface area contributed by atoms with E-state index < -0.39 is 18.4 Å². The van der Waals surface area contributed by atoms with Crippen LogP contribution in [0.1, 0.15) is 11.8 Å². The van der Waals surface area contributed by atoms with Gasteiger partial charge >= 0.3 is 0 Å². The van der Waals surface area contributed by atoms with Gasteiger partial charge in [0.05, 0.1) is 27.6 Å². The second-order valence-corrected chi connectivity index (χ2v) is 6.14. The minimum absolute atomic E-state index is 0.220. The molecule has 0 amide bonds. The molecule has 8 nitrogen and oxygen atoms in total. The lowest BCUT2D eigenvalue weighted by Crippen LogP contribution is -2.29. The van der Waals surface area contributed by atoms with Crippen LogP contribution in [0.3, 0.4) is 0 Å². The van der Waals surface area contributed by atoms with Crippen molar-refractivity contribution in [3.63, 3.8) is 0 Å². The maximum atomic E-state index is 10.1. The van der Waals surface area contributed by atoms with Crippen molar-refractivity contribution in [1.82, 2.24) is 14.5 Å². The van der Waals surface area contributed by atoms with Crippen LogP contribution in [0.2, 0.25) is 0 Å². The van der Waals surface area contributed by atoms with E-state index in [-0.39, 0.29) is 16.3 Å². The molecule has 110 valence electrons. The number of hydrogen-bond acceptors (Lipinski definition) is 7. The molecule has 3 heterocycles. The number of nitrogens with two attached hydrogens (primary N) is 1. The van der Waals surface area contributed by atoms with Crippen molar-refractivity contribution in [2.75, 3.05) is 12.3 Å². The Morgan fingerprint density at radius 1 is 1.52 bits per heavy atom. The number of anilines is 1. The smallest absolute Gasteiger partial charge is 0.150 e. The third-order valence-electron chi connectivity index (χ3n) is 3.51. The van der Waals surface area contributed by atoms with Gasteiger partial charge in [0.25, 0.3) is 0 Å². The van der Waals surface area contributed by atoms with Gasteiger partial charge in [0.15, 0.2) is 0 Å². The van der Waals surface area contributed by atoms with E-state index in [9.17, 15) is 15.5 Å². The van der Waals surface area contributed by atoms with Crippen LogP contribution in [0.25, 0.3) is 11.0 Å². The van der Waals surface area contributed by atoms with Crippen LogP contribution in [-0.2, 0) is 4.74 Å². The Kier molecular flexibility index (Phi) is 3.70. The number of nitrogen functional groups attached to an aromatic ring is 1. The van der Waals surface area contributed by atoms with Gasteiger partial charge in [-0.25, -0.2) is 9.97 Å². The van der Waals surface area contributed by atoms with Crippen LogP contribution in [0.15, 0.2) is 12.5 Å². The Morgan fingerprint density at radius 2 is 2.29 bits per heavy atom. The van der Waals surface area contributed by atoms with Crippen LogP contribution in [0, 0.1) is 11.3 Å². The molecule has 9 heteroatoms. The Morgan fingerprint density at radius 3 is 2.90 bits per heavy atom. The number of nitriles is 1. The molecule has 4 atom stereocenters. The molecule has 0 aromatic carbocycles. The van der Waals surface area contributed by atoms with Gasteiger partial charge < -0.3 is 25.3 Å². The first kappa shape index (κ1) is 14.5. The SMILES string of the molecule is N#Cc1cn([C@@H]2O[C@H](CO)[C@@H](O)[C@@H]2I)c2ncnc(N)c12. The predicted octanol–water partition coefficient (Wildman–Crippen LogP) is -0.0606. The quantitative estimate of drug-likeness (QED) is 0.475. The zero-order chi connectivity index (χ0) is 15.1. The number of hydrogen-bond donors (Lipinski definition) is 3. The number of aliphatic hydroxyl groups is 2. The van der Waals surface area contributed by atoms with Crippen molar-refractivity contribution in [2.24, 2.45) is 0 Å². The highest BCUT2D eigenvalue weighted by Gasteiger charge is 2.43. The lowest BCUT2D eigenvalue weighted by molar-refractivity contribution is -0.0428. The minimum Gasteiger partial charge on any atom is -0.394 e. The zero-order valence-corrected chi connectivity index (χ0v) is 12.9. The summed E-state index contributed by atoms with van der Waals surface area (Å²) in [5, 5.41) is 29.0. The lowest BCUT2D eigenvalue weighted by Gasteiger charge is -2.16. The first-order valence-corrected chi connectivity index (χ1v) is 7.42. The molecular weight excluding hydrogens is 389 g/mol. The maximum absolute atomic E-state index is 10.1. The molecule has 0 aliphatic carbocycles. The molecule has 1 fully saturated rings. The average Bonchev–Trinajstić information content (AvgIpc) is 2.99. The van der Waals surface area contributed by atoms with Crippen LogP contribution in [0.5, 0.6) is 0 Å². The van der Waals surface area contributed by atoms with Crippen molar-refractivity contribution in [3.05, 3.63) is 18.1 Å². The van der Waals surface area contributed by atoms with Gasteiger partial charge in [-0.1, -0.05) is 22.6 Å². The highest BCUT2D eigenvalue weighted by molar-refractivity contribution is 14.1. The maximum Gasteiger partial charge on any atom is 0.150 e. The van der Waals surface area contributed by atoms with E-state index in [1.54, 1.807) is 10.8 Å². The summed E-state index contributed by atoms with van der Waals surface area (Å²) in [6, 6.07) is 2.06. The summed E-state index contributed by atoms with van der Waals surface area (Å²) >= 11 is 2.06. The van der Waals surface area contributed by atoms with E-state index in [2.05, 4.69) is 38.6 Å². The minimum atomic E-state index is -0.803. The number of alkyl halides is 1. The van der Waals surface area contributed by atoms with Gasteiger partial charge in [-0.2, -0.15) is 5.26 Å². The number of ether oxygens (including phenoxy) is 1. The molecular formula is C12H12IN5O3. The van der Waals surface area contributed by atoms with Gasteiger partial charge in [0.1, 0.15) is 36.2 Å². The molecule has 21 heavy (non-hydrogen) atoms. The molecule has 0 saturated carbocycles. The number of fused-ring (bicyclic) bond motifs is 1. The Balaban J connectivity index is 2.14. The number of aliphatic hydroxyl groups excluding tert-OH is 2. The molecule has 3 rings (SSSR count). The van der Waals surface area contributed by atoms with Crippen LogP contribution in [-0.4, -0.2) is 47.5 Å². The van der Waals surface area contributed by atoms with E-state index in [0.29, 0.717) is 16.6 Å². The third kappa shape index (κ3) is 2.15. The predicted molar refractivity (Wildman–Crippen MR) is 81.5 cm³/mol. The van der Waals surface area contributed by atoms with Crippen molar-refractivity contribution in [1.29, 1.82) is 5.26 Å². The molecule has 1 aliphatic rings. The molecule has 2 aromatic rings. The molecule has 4 N–H and O–H groups in total. The van der Waals surface area contributed by atoms with Crippen molar-refractivity contribution in [2.45, 2.75) is 22.4 Å². The van der Waals surface area contributed by atoms with Gasteiger partial charge in [0.2, 0.25) is 0 Å². The summed E-state index contributed by atoms with van der Waals surface area (Å²) < 4.78 is 7.03. The van der Waals surface area contributed by atoms with Crippen LogP contribution < -0.4 is 5.73 Å². The van der Waals surface area contributed by atoms with E-state index in [0.717, 1.165) is 0 Å². The molecule has 1 saturated heterocycles. The van der Waals surface area contributed by atoms with Gasteiger partial charge in [-0.3, -0.25) is 0 Å². The normalized spacial score (nSPS) is 28.9. The summed E-state index contributed by atoms with van der Waals surface area (Å²) in [7, 11) is 0. The van der Waals surface area contributed by atoms with Crippen LogP contribution >= 0.6 is 22.6 Å². The second-order valence-electron chi connectivity index (χ2n) is 4.70. The fraction of sp³-hybridized carbons (Fsp3) is 0.417. The first-order valence-electron chi connectivity index (χ1n) is 6.18. The number of rotatable bonds is 2. The largest absolute Gasteiger partial charge is 0.394 e. The van der Waals surface area contributed by atoms with Gasteiger partial charge in [0, 0.05) is 6.20 Å². The average molecular weight is 401 g/mol. The second kappa shape index (κ2) is 5.38. The van der Waals surface area contributed by atoms with E-state index in [1.807, 2.05) is 0 Å². The van der Waals surface area contributed by atoms with Crippen LogP contribution in [0.4, 0.5) is 5.82 Å². The Hall–Kier alpha value is -1.48. The number of aromatic nitrogens is 3. The van der Waals surface area contributed by atoms with Crippen molar-refractivity contribution in [3.8, 4) is 6.07 Å². The molecule has 1 aliphatic heterocycles. The van der Waals surface area contributed by atoms with E-state index in [4.69, 9.17) is 10.5 Å². The molecule has 0 spiro atoms. The topological polar surface area (TPSA) is 130 Å². The third-order valence-corrected chi connectivity index (χ3v) is 4.86. The van der Waals surface area contributed by atoms with Crippen molar-refractivity contribution >= 4 is 39.4 Å². The standard InChI is InChI=1S/C12H12IN5O3/c13-8-9(20)6(3-19)21-12(8)18-2-5(1-14)7-10(15)16-4-17-11(7)18/h2,4,6,8-9,12,19-20H,3H2,(H2,15,16,17)/t6-,8+,9-,12-/m1/s1. The molecule has 2 aromatic heterocycles. The summed E-state index contributed by atoms with van der Waals surface area (Å²) in [4.78, 5) is 8.05. The highest BCUT2D eigenvalue weighted by Crippen LogP contribution is 2.38. The van der Waals surface area contributed by atoms with Gasteiger partial charge in [-0.05, 0) is 0 Å². The number of nitrogens with zero attached hydrogens (tertiary/aromatic N) is 4. The van der Waals surface area contributed by atoms with E-state index >= 15 is 0 Å². The summed E-state index contributed by atoms with van der Waals surface area (Å²) in [6.45, 7) is -0.279. The first-order chi connectivity index (χ1) is 10.1. The summed E-state index contributed by atoms with van der Waals surface area (Å²) in [5.41, 5.74) is 6.63. The van der Waals surface area contributed by atoms with Crippen molar-refractivity contribution < 1.29 is 14.9 Å². The molecule has 0 bridgehead atoms. The fourth-order valence-corrected chi connectivity index (χ4v) is 3.44. The van der Waals surface area contributed by atoms with Gasteiger partial charge in [-0.15, -0.1) is 0 Å². The molecule has 0 unspecified atom stereocenters. The Bertz CT molecular complexity index is 727. The highest BCUT2D eigenvalue weighted by atomic mass is 127. The molecule has 0 radical (unpaired) electrons. The Labute approximate surface area is 133 Å².